The van der Waals surface area contributed by atoms with Crippen molar-refractivity contribution >= 4 is 27.5 Å². The van der Waals surface area contributed by atoms with E-state index in [1.54, 1.807) is 11.3 Å². The fraction of sp³-hybridized carbons (Fsp3) is 0.240. The molecule has 0 atom stereocenters. The molecule has 0 radical (unpaired) electrons. The summed E-state index contributed by atoms with van der Waals surface area (Å²) in [5.74, 6) is 0.0572. The molecule has 2 aromatic carbocycles. The Balaban J connectivity index is 1.55. The molecular formula is C25H22N2O3S. The fourth-order valence-electron chi connectivity index (χ4n) is 4.11. The van der Waals surface area contributed by atoms with Gasteiger partial charge in [0.05, 0.1) is 5.39 Å². The molecule has 2 aromatic heterocycles. The second-order valence-electron chi connectivity index (χ2n) is 7.73. The van der Waals surface area contributed by atoms with E-state index >= 15 is 0 Å². The quantitative estimate of drug-likeness (QED) is 0.429. The highest BCUT2D eigenvalue weighted by molar-refractivity contribution is 7.18. The van der Waals surface area contributed by atoms with Gasteiger partial charge in [-0.2, -0.15) is 0 Å². The van der Waals surface area contributed by atoms with Crippen LogP contribution in [0.25, 0.3) is 21.6 Å². The van der Waals surface area contributed by atoms with Gasteiger partial charge in [-0.1, -0.05) is 60.7 Å². The summed E-state index contributed by atoms with van der Waals surface area (Å²) >= 11 is 1.62. The lowest BCUT2D eigenvalue weighted by Gasteiger charge is -2.14. The van der Waals surface area contributed by atoms with Crippen LogP contribution >= 0.6 is 11.3 Å². The summed E-state index contributed by atoms with van der Waals surface area (Å²) in [7, 11) is 0. The minimum atomic E-state index is -0.451. The van der Waals surface area contributed by atoms with Crippen molar-refractivity contribution in [2.75, 3.05) is 0 Å². The summed E-state index contributed by atoms with van der Waals surface area (Å²) in [4.78, 5) is 33.1. The summed E-state index contributed by atoms with van der Waals surface area (Å²) in [6, 6.07) is 19.1. The standard InChI is InChI=1S/C25H22N2O3S/c28-21(30-16-17-9-3-1-4-10-17)15-27-23(18-11-5-2-6-12-18)26-24-22(25(27)29)19-13-7-8-14-20(19)31-24/h1-6,9-12H,7-8,13-16H2. The van der Waals surface area contributed by atoms with Gasteiger partial charge in [-0.25, -0.2) is 4.98 Å². The average molecular weight is 431 g/mol. The molecule has 0 fully saturated rings. The third kappa shape index (κ3) is 3.91. The number of ether oxygens (including phenoxy) is 1. The molecule has 0 amide bonds. The Bertz CT molecular complexity index is 1290. The number of rotatable bonds is 5. The number of esters is 1. The number of benzene rings is 2. The van der Waals surface area contributed by atoms with Gasteiger partial charge in [-0.15, -0.1) is 11.3 Å². The molecule has 31 heavy (non-hydrogen) atoms. The first-order chi connectivity index (χ1) is 15.2. The predicted octanol–water partition coefficient (Wildman–Crippen LogP) is 4.75. The number of nitrogens with zero attached hydrogens (tertiary/aromatic N) is 2. The van der Waals surface area contributed by atoms with Crippen LogP contribution in [0.4, 0.5) is 0 Å². The van der Waals surface area contributed by atoms with Crippen molar-refractivity contribution in [3.8, 4) is 11.4 Å². The predicted molar refractivity (Wildman–Crippen MR) is 122 cm³/mol. The molecule has 0 bridgehead atoms. The lowest BCUT2D eigenvalue weighted by atomic mass is 9.97. The van der Waals surface area contributed by atoms with E-state index < -0.39 is 5.97 Å². The van der Waals surface area contributed by atoms with Gasteiger partial charge in [-0.05, 0) is 36.8 Å². The zero-order valence-corrected chi connectivity index (χ0v) is 17.9. The minimum Gasteiger partial charge on any atom is -0.459 e. The Labute approximate surface area is 184 Å². The first-order valence-electron chi connectivity index (χ1n) is 10.5. The number of carbonyl (C=O) groups excluding carboxylic acids is 1. The van der Waals surface area contributed by atoms with Crippen molar-refractivity contribution in [1.29, 1.82) is 0 Å². The fourth-order valence-corrected chi connectivity index (χ4v) is 5.36. The molecule has 0 N–H and O–H groups in total. The van der Waals surface area contributed by atoms with E-state index in [4.69, 9.17) is 9.72 Å². The zero-order valence-electron chi connectivity index (χ0n) is 17.0. The van der Waals surface area contributed by atoms with E-state index in [9.17, 15) is 9.59 Å². The Morgan fingerprint density at radius 1 is 1.00 bits per heavy atom. The van der Waals surface area contributed by atoms with Crippen molar-refractivity contribution in [3.63, 3.8) is 0 Å². The van der Waals surface area contributed by atoms with Crippen molar-refractivity contribution in [2.45, 2.75) is 38.8 Å². The molecular weight excluding hydrogens is 408 g/mol. The number of carbonyl (C=O) groups is 1. The summed E-state index contributed by atoms with van der Waals surface area (Å²) in [5.41, 5.74) is 2.69. The van der Waals surface area contributed by atoms with Gasteiger partial charge < -0.3 is 4.74 Å². The molecule has 4 aromatic rings. The SMILES string of the molecule is O=C(Cn1c(-c2ccccc2)nc2sc3c(c2c1=O)CCCC3)OCc1ccccc1. The average Bonchev–Trinajstić information content (AvgIpc) is 3.19. The van der Waals surface area contributed by atoms with E-state index in [0.29, 0.717) is 11.2 Å². The maximum absolute atomic E-state index is 13.6. The monoisotopic (exact) mass is 430 g/mol. The van der Waals surface area contributed by atoms with Crippen LogP contribution in [0.1, 0.15) is 28.8 Å². The third-order valence-electron chi connectivity index (χ3n) is 5.64. The second-order valence-corrected chi connectivity index (χ2v) is 8.81. The maximum atomic E-state index is 13.6. The number of fused-ring (bicyclic) bond motifs is 3. The highest BCUT2D eigenvalue weighted by Crippen LogP contribution is 2.34. The van der Waals surface area contributed by atoms with Crippen molar-refractivity contribution in [1.82, 2.24) is 9.55 Å². The molecule has 5 nitrogen and oxygen atoms in total. The molecule has 0 spiro atoms. The largest absolute Gasteiger partial charge is 0.459 e. The van der Waals surface area contributed by atoms with Crippen LogP contribution in [-0.4, -0.2) is 15.5 Å². The van der Waals surface area contributed by atoms with Crippen LogP contribution in [0.15, 0.2) is 65.5 Å². The number of aromatic nitrogens is 2. The molecule has 156 valence electrons. The van der Waals surface area contributed by atoms with Gasteiger partial charge >= 0.3 is 5.97 Å². The van der Waals surface area contributed by atoms with Crippen LogP contribution in [0, 0.1) is 0 Å². The first kappa shape index (κ1) is 19.7. The number of thiophene rings is 1. The second kappa shape index (κ2) is 8.47. The van der Waals surface area contributed by atoms with E-state index in [2.05, 4.69) is 0 Å². The Kier molecular flexibility index (Phi) is 5.38. The highest BCUT2D eigenvalue weighted by Gasteiger charge is 2.23. The van der Waals surface area contributed by atoms with E-state index in [1.165, 1.54) is 9.44 Å². The topological polar surface area (TPSA) is 61.2 Å². The number of hydrogen-bond acceptors (Lipinski definition) is 5. The number of hydrogen-bond donors (Lipinski definition) is 0. The highest BCUT2D eigenvalue weighted by atomic mass is 32.1. The summed E-state index contributed by atoms with van der Waals surface area (Å²) < 4.78 is 6.94. The normalized spacial score (nSPS) is 13.2. The van der Waals surface area contributed by atoms with Gasteiger partial charge in [0.25, 0.3) is 5.56 Å². The van der Waals surface area contributed by atoms with Crippen LogP contribution < -0.4 is 5.56 Å². The van der Waals surface area contributed by atoms with Crippen molar-refractivity contribution in [2.24, 2.45) is 0 Å². The van der Waals surface area contributed by atoms with Crippen molar-refractivity contribution < 1.29 is 9.53 Å². The molecule has 0 saturated heterocycles. The first-order valence-corrected chi connectivity index (χ1v) is 11.3. The molecule has 0 saturated carbocycles. The maximum Gasteiger partial charge on any atom is 0.326 e. The molecule has 6 heteroatoms. The third-order valence-corrected chi connectivity index (χ3v) is 6.82. The molecule has 5 rings (SSSR count). The van der Waals surface area contributed by atoms with Crippen LogP contribution in [0.3, 0.4) is 0 Å². The lowest BCUT2D eigenvalue weighted by Crippen LogP contribution is -2.28. The molecule has 1 aliphatic carbocycles. The lowest BCUT2D eigenvalue weighted by molar-refractivity contribution is -0.145. The molecule has 0 unspecified atom stereocenters. The van der Waals surface area contributed by atoms with Crippen LogP contribution in [0.5, 0.6) is 0 Å². The summed E-state index contributed by atoms with van der Waals surface area (Å²) in [5, 5.41) is 0.676. The minimum absolute atomic E-state index is 0.153. The number of aryl methyl sites for hydroxylation is 2. The van der Waals surface area contributed by atoms with Gasteiger partial charge in [0.1, 0.15) is 23.8 Å². The summed E-state index contributed by atoms with van der Waals surface area (Å²) in [6.07, 6.45) is 4.12. The van der Waals surface area contributed by atoms with Crippen molar-refractivity contribution in [3.05, 3.63) is 87.0 Å². The van der Waals surface area contributed by atoms with Crippen LogP contribution in [0.2, 0.25) is 0 Å². The van der Waals surface area contributed by atoms with E-state index in [0.717, 1.165) is 47.2 Å². The molecule has 2 heterocycles. The zero-order chi connectivity index (χ0) is 21.2. The van der Waals surface area contributed by atoms with Gasteiger partial charge in [-0.3, -0.25) is 14.2 Å². The Morgan fingerprint density at radius 3 is 2.48 bits per heavy atom. The smallest absolute Gasteiger partial charge is 0.326 e. The van der Waals surface area contributed by atoms with Gasteiger partial charge in [0, 0.05) is 10.4 Å². The van der Waals surface area contributed by atoms with Gasteiger partial charge in [0.2, 0.25) is 0 Å². The van der Waals surface area contributed by atoms with Crippen LogP contribution in [-0.2, 0) is 35.5 Å². The van der Waals surface area contributed by atoms with Gasteiger partial charge in [0.15, 0.2) is 0 Å². The Hall–Kier alpha value is -3.25. The molecule has 1 aliphatic rings. The Morgan fingerprint density at radius 2 is 1.71 bits per heavy atom. The summed E-state index contributed by atoms with van der Waals surface area (Å²) in [6.45, 7) is 0.0159. The van der Waals surface area contributed by atoms with E-state index in [1.807, 2.05) is 60.7 Å². The molecule has 0 aliphatic heterocycles. The van der Waals surface area contributed by atoms with E-state index in [-0.39, 0.29) is 18.7 Å².